The molecule has 2 N–H and O–H groups in total. The van der Waals surface area contributed by atoms with Gasteiger partial charge in [0.15, 0.2) is 0 Å². The normalized spacial score (nSPS) is 17.0. The molecule has 1 fully saturated rings. The van der Waals surface area contributed by atoms with Crippen LogP contribution in [0, 0.1) is 5.82 Å². The molecule has 2 aromatic carbocycles. The Morgan fingerprint density at radius 2 is 1.88 bits per heavy atom. The summed E-state index contributed by atoms with van der Waals surface area (Å²) >= 11 is 0. The van der Waals surface area contributed by atoms with Gasteiger partial charge in [0.05, 0.1) is 13.2 Å². The van der Waals surface area contributed by atoms with Gasteiger partial charge in [-0.25, -0.2) is 4.39 Å². The molecule has 0 aromatic heterocycles. The third kappa shape index (κ3) is 5.04. The summed E-state index contributed by atoms with van der Waals surface area (Å²) in [4.78, 5) is 2.35. The fraction of sp³-hybridized carbons (Fsp3) is 0.429. The van der Waals surface area contributed by atoms with E-state index in [1.165, 1.54) is 17.7 Å². The number of halogens is 1. The average molecular weight is 358 g/mol. The molecule has 2 aromatic rings. The van der Waals surface area contributed by atoms with Crippen molar-refractivity contribution in [2.24, 2.45) is 5.73 Å². The van der Waals surface area contributed by atoms with E-state index in [4.69, 9.17) is 15.2 Å². The number of benzene rings is 2. The van der Waals surface area contributed by atoms with E-state index in [9.17, 15) is 4.39 Å². The first kappa shape index (κ1) is 18.8. The quantitative estimate of drug-likeness (QED) is 0.785. The van der Waals surface area contributed by atoms with Crippen molar-refractivity contribution in [2.45, 2.75) is 38.6 Å². The topological polar surface area (TPSA) is 47.7 Å². The fourth-order valence-electron chi connectivity index (χ4n) is 3.46. The first-order valence-electron chi connectivity index (χ1n) is 9.12. The highest BCUT2D eigenvalue weighted by molar-refractivity contribution is 5.37. The zero-order valence-electron chi connectivity index (χ0n) is 15.3. The summed E-state index contributed by atoms with van der Waals surface area (Å²) in [7, 11) is 1.66. The lowest BCUT2D eigenvalue weighted by Gasteiger charge is -2.26. The van der Waals surface area contributed by atoms with Gasteiger partial charge in [-0.3, -0.25) is 4.90 Å². The third-order valence-electron chi connectivity index (χ3n) is 4.78. The van der Waals surface area contributed by atoms with E-state index < -0.39 is 0 Å². The Labute approximate surface area is 154 Å². The molecule has 1 heterocycles. The Hall–Kier alpha value is -1.95. The number of rotatable bonds is 8. The summed E-state index contributed by atoms with van der Waals surface area (Å²) in [5, 5.41) is 0. The van der Waals surface area contributed by atoms with E-state index >= 15 is 0 Å². The molecular weight excluding hydrogens is 331 g/mol. The molecule has 0 bridgehead atoms. The molecule has 0 saturated carbocycles. The van der Waals surface area contributed by atoms with Gasteiger partial charge in [-0.1, -0.05) is 18.2 Å². The Morgan fingerprint density at radius 3 is 2.54 bits per heavy atom. The molecule has 26 heavy (non-hydrogen) atoms. The van der Waals surface area contributed by atoms with Crippen LogP contribution in [0.2, 0.25) is 0 Å². The Morgan fingerprint density at radius 1 is 1.15 bits per heavy atom. The molecule has 140 valence electrons. The highest BCUT2D eigenvalue weighted by Crippen LogP contribution is 2.22. The zero-order chi connectivity index (χ0) is 18.4. The standard InChI is InChI=1S/C21H27FN2O2/c1-25-21-9-6-17(11-18(21)12-23)14-24(15-20-3-2-10-26-20)13-16-4-7-19(22)8-5-16/h4-9,11,20H,2-3,10,12-15,23H2,1H3. The van der Waals surface area contributed by atoms with Crippen molar-refractivity contribution in [3.05, 3.63) is 65.0 Å². The zero-order valence-corrected chi connectivity index (χ0v) is 15.3. The monoisotopic (exact) mass is 358 g/mol. The predicted octanol–water partition coefficient (Wildman–Crippen LogP) is 3.47. The summed E-state index contributed by atoms with van der Waals surface area (Å²) in [5.41, 5.74) is 9.13. The minimum atomic E-state index is -0.206. The second-order valence-electron chi connectivity index (χ2n) is 6.78. The van der Waals surface area contributed by atoms with Crippen LogP contribution in [0.1, 0.15) is 29.5 Å². The van der Waals surface area contributed by atoms with Crippen molar-refractivity contribution in [3.8, 4) is 5.75 Å². The highest BCUT2D eigenvalue weighted by atomic mass is 19.1. The first-order valence-corrected chi connectivity index (χ1v) is 9.12. The van der Waals surface area contributed by atoms with Gasteiger partial charge in [0, 0.05) is 38.3 Å². The van der Waals surface area contributed by atoms with E-state index in [-0.39, 0.29) is 11.9 Å². The van der Waals surface area contributed by atoms with Gasteiger partial charge < -0.3 is 15.2 Å². The van der Waals surface area contributed by atoms with Crippen LogP contribution in [0.3, 0.4) is 0 Å². The molecule has 3 rings (SSSR count). The SMILES string of the molecule is COc1ccc(CN(Cc2ccc(F)cc2)CC2CCCO2)cc1CN. The average Bonchev–Trinajstić information content (AvgIpc) is 3.16. The van der Waals surface area contributed by atoms with Crippen LogP contribution in [0.25, 0.3) is 0 Å². The molecule has 0 spiro atoms. The van der Waals surface area contributed by atoms with Crippen LogP contribution in [0.5, 0.6) is 5.75 Å². The fourth-order valence-corrected chi connectivity index (χ4v) is 3.46. The minimum absolute atomic E-state index is 0.206. The molecular formula is C21H27FN2O2. The van der Waals surface area contributed by atoms with Gasteiger partial charge in [0.25, 0.3) is 0 Å². The number of nitrogens with two attached hydrogens (primary N) is 1. The second-order valence-corrected chi connectivity index (χ2v) is 6.78. The van der Waals surface area contributed by atoms with Crippen LogP contribution in [0.4, 0.5) is 4.39 Å². The van der Waals surface area contributed by atoms with Gasteiger partial charge in [-0.15, -0.1) is 0 Å². The lowest BCUT2D eigenvalue weighted by atomic mass is 10.1. The number of ether oxygens (including phenoxy) is 2. The van der Waals surface area contributed by atoms with Crippen molar-refractivity contribution >= 4 is 0 Å². The summed E-state index contributed by atoms with van der Waals surface area (Å²) < 4.78 is 24.4. The van der Waals surface area contributed by atoms with Gasteiger partial charge in [-0.05, 0) is 48.2 Å². The number of hydrogen-bond donors (Lipinski definition) is 1. The molecule has 5 heteroatoms. The Kier molecular flexibility index (Phi) is 6.61. The summed E-state index contributed by atoms with van der Waals surface area (Å²) in [6.07, 6.45) is 2.48. The molecule has 1 aliphatic heterocycles. The summed E-state index contributed by atoms with van der Waals surface area (Å²) in [6, 6.07) is 12.9. The number of hydrogen-bond acceptors (Lipinski definition) is 4. The number of methoxy groups -OCH3 is 1. The molecule has 1 saturated heterocycles. The molecule has 0 amide bonds. The molecule has 0 radical (unpaired) electrons. The Balaban J connectivity index is 1.74. The predicted molar refractivity (Wildman–Crippen MR) is 100 cm³/mol. The maximum atomic E-state index is 13.2. The van der Waals surface area contributed by atoms with Crippen molar-refractivity contribution in [2.75, 3.05) is 20.3 Å². The third-order valence-corrected chi connectivity index (χ3v) is 4.78. The maximum Gasteiger partial charge on any atom is 0.123 e. The van der Waals surface area contributed by atoms with E-state index in [1.807, 2.05) is 18.2 Å². The van der Waals surface area contributed by atoms with Gasteiger partial charge in [-0.2, -0.15) is 0 Å². The van der Waals surface area contributed by atoms with E-state index in [0.717, 1.165) is 56.0 Å². The lowest BCUT2D eigenvalue weighted by Crippen LogP contribution is -2.31. The minimum Gasteiger partial charge on any atom is -0.496 e. The van der Waals surface area contributed by atoms with Crippen LogP contribution in [-0.4, -0.2) is 31.3 Å². The maximum absolute atomic E-state index is 13.2. The van der Waals surface area contributed by atoms with Crippen LogP contribution in [-0.2, 0) is 24.4 Å². The highest BCUT2D eigenvalue weighted by Gasteiger charge is 2.20. The van der Waals surface area contributed by atoms with Crippen molar-refractivity contribution < 1.29 is 13.9 Å². The van der Waals surface area contributed by atoms with Crippen molar-refractivity contribution in [1.82, 2.24) is 4.90 Å². The van der Waals surface area contributed by atoms with E-state index in [2.05, 4.69) is 17.0 Å². The van der Waals surface area contributed by atoms with Gasteiger partial charge in [0.1, 0.15) is 11.6 Å². The van der Waals surface area contributed by atoms with Crippen molar-refractivity contribution in [1.29, 1.82) is 0 Å². The smallest absolute Gasteiger partial charge is 0.123 e. The van der Waals surface area contributed by atoms with E-state index in [0.29, 0.717) is 6.54 Å². The largest absolute Gasteiger partial charge is 0.496 e. The second kappa shape index (κ2) is 9.12. The summed E-state index contributed by atoms with van der Waals surface area (Å²) in [5.74, 6) is 0.614. The first-order chi connectivity index (χ1) is 12.7. The van der Waals surface area contributed by atoms with Crippen LogP contribution < -0.4 is 10.5 Å². The van der Waals surface area contributed by atoms with Crippen LogP contribution in [0.15, 0.2) is 42.5 Å². The van der Waals surface area contributed by atoms with E-state index in [1.54, 1.807) is 7.11 Å². The molecule has 1 aliphatic rings. The molecule has 0 aliphatic carbocycles. The number of nitrogens with zero attached hydrogens (tertiary/aromatic N) is 1. The Bertz CT molecular complexity index is 700. The van der Waals surface area contributed by atoms with Gasteiger partial charge >= 0.3 is 0 Å². The lowest BCUT2D eigenvalue weighted by molar-refractivity contribution is 0.0679. The molecule has 1 atom stereocenters. The van der Waals surface area contributed by atoms with Crippen molar-refractivity contribution in [3.63, 3.8) is 0 Å². The molecule has 1 unspecified atom stereocenters. The van der Waals surface area contributed by atoms with Crippen LogP contribution >= 0.6 is 0 Å². The summed E-state index contributed by atoms with van der Waals surface area (Å²) in [6.45, 7) is 3.69. The van der Waals surface area contributed by atoms with Gasteiger partial charge in [0.2, 0.25) is 0 Å². The molecule has 4 nitrogen and oxygen atoms in total.